The van der Waals surface area contributed by atoms with Gasteiger partial charge >= 0.3 is 5.97 Å². The first-order valence-corrected chi connectivity index (χ1v) is 9.96. The van der Waals surface area contributed by atoms with Crippen molar-refractivity contribution < 1.29 is 18.7 Å². The Morgan fingerprint density at radius 1 is 1.00 bits per heavy atom. The summed E-state index contributed by atoms with van der Waals surface area (Å²) in [6, 6.07) is 19.1. The molecule has 0 radical (unpaired) electrons. The van der Waals surface area contributed by atoms with Crippen molar-refractivity contribution in [2.45, 2.75) is 6.92 Å². The maximum Gasteiger partial charge on any atom is 0.344 e. The molecule has 0 aliphatic carbocycles. The van der Waals surface area contributed by atoms with Gasteiger partial charge in [0.25, 0.3) is 0 Å². The molecule has 30 heavy (non-hydrogen) atoms. The quantitative estimate of drug-likeness (QED) is 0.359. The standard InChI is InChI=1S/C24H17BrO5/c1-14-7-3-4-8-16(14)24(27)30-23-21(26)17-9-5-6-10-19(17)29-22(23)15-11-12-20(28-2)18(25)13-15/h3-13H,1-2H3. The molecule has 0 aliphatic heterocycles. The summed E-state index contributed by atoms with van der Waals surface area (Å²) in [6.45, 7) is 1.81. The zero-order valence-electron chi connectivity index (χ0n) is 16.3. The van der Waals surface area contributed by atoms with Gasteiger partial charge in [-0.15, -0.1) is 0 Å². The monoisotopic (exact) mass is 464 g/mol. The zero-order valence-corrected chi connectivity index (χ0v) is 17.9. The van der Waals surface area contributed by atoms with Gasteiger partial charge in [-0.1, -0.05) is 30.3 Å². The highest BCUT2D eigenvalue weighted by Crippen LogP contribution is 2.35. The van der Waals surface area contributed by atoms with Gasteiger partial charge in [-0.3, -0.25) is 4.79 Å². The fourth-order valence-electron chi connectivity index (χ4n) is 3.16. The molecule has 150 valence electrons. The van der Waals surface area contributed by atoms with Crippen molar-refractivity contribution in [3.05, 3.63) is 92.6 Å². The van der Waals surface area contributed by atoms with Gasteiger partial charge in [0.1, 0.15) is 11.3 Å². The van der Waals surface area contributed by atoms with E-state index in [4.69, 9.17) is 13.9 Å². The molecule has 0 amide bonds. The first-order chi connectivity index (χ1) is 14.5. The number of aryl methyl sites for hydroxylation is 1. The second kappa shape index (κ2) is 8.16. The highest BCUT2D eigenvalue weighted by Gasteiger charge is 2.22. The lowest BCUT2D eigenvalue weighted by Gasteiger charge is -2.12. The molecule has 5 nitrogen and oxygen atoms in total. The number of methoxy groups -OCH3 is 1. The van der Waals surface area contributed by atoms with Crippen LogP contribution in [-0.4, -0.2) is 13.1 Å². The first-order valence-electron chi connectivity index (χ1n) is 9.17. The van der Waals surface area contributed by atoms with Crippen LogP contribution >= 0.6 is 15.9 Å². The van der Waals surface area contributed by atoms with E-state index in [2.05, 4.69) is 15.9 Å². The van der Waals surface area contributed by atoms with Crippen molar-refractivity contribution in [3.63, 3.8) is 0 Å². The van der Waals surface area contributed by atoms with Crippen LogP contribution in [0.1, 0.15) is 15.9 Å². The number of fused-ring (bicyclic) bond motifs is 1. The molecule has 0 saturated carbocycles. The molecule has 6 heteroatoms. The van der Waals surface area contributed by atoms with Crippen molar-refractivity contribution >= 4 is 32.9 Å². The molecule has 0 spiro atoms. The molecular weight excluding hydrogens is 448 g/mol. The van der Waals surface area contributed by atoms with Crippen molar-refractivity contribution in [3.8, 4) is 22.8 Å². The number of carbonyl (C=O) groups excluding carboxylic acids is 1. The first kappa shape index (κ1) is 19.9. The van der Waals surface area contributed by atoms with Crippen molar-refractivity contribution in [2.24, 2.45) is 0 Å². The van der Waals surface area contributed by atoms with E-state index in [9.17, 15) is 9.59 Å². The van der Waals surface area contributed by atoms with Crippen molar-refractivity contribution in [2.75, 3.05) is 7.11 Å². The Morgan fingerprint density at radius 2 is 1.73 bits per heavy atom. The van der Waals surface area contributed by atoms with E-state index in [0.717, 1.165) is 5.56 Å². The summed E-state index contributed by atoms with van der Waals surface area (Å²) in [5.41, 5.74) is 1.69. The summed E-state index contributed by atoms with van der Waals surface area (Å²) in [6.07, 6.45) is 0. The maximum absolute atomic E-state index is 13.2. The van der Waals surface area contributed by atoms with Crippen LogP contribution in [0.25, 0.3) is 22.3 Å². The number of hydrogen-bond donors (Lipinski definition) is 0. The van der Waals surface area contributed by atoms with Gasteiger partial charge in [-0.05, 0) is 64.8 Å². The molecule has 1 heterocycles. The molecule has 1 aromatic heterocycles. The number of para-hydroxylation sites is 1. The number of benzene rings is 3. The normalized spacial score (nSPS) is 10.8. The Balaban J connectivity index is 1.91. The third kappa shape index (κ3) is 3.62. The molecular formula is C24H17BrO5. The van der Waals surface area contributed by atoms with Crippen molar-refractivity contribution in [1.29, 1.82) is 0 Å². The van der Waals surface area contributed by atoms with Gasteiger partial charge in [-0.25, -0.2) is 4.79 Å². The lowest BCUT2D eigenvalue weighted by molar-refractivity contribution is 0.0730. The summed E-state index contributed by atoms with van der Waals surface area (Å²) >= 11 is 3.44. The van der Waals surface area contributed by atoms with E-state index in [1.54, 1.807) is 74.7 Å². The summed E-state index contributed by atoms with van der Waals surface area (Å²) < 4.78 is 17.6. The number of halogens is 1. The molecule has 4 aromatic rings. The Hall–Kier alpha value is -3.38. The lowest BCUT2D eigenvalue weighted by atomic mass is 10.1. The molecule has 0 N–H and O–H groups in total. The van der Waals surface area contributed by atoms with Crippen LogP contribution in [0.2, 0.25) is 0 Å². The van der Waals surface area contributed by atoms with Gasteiger partial charge in [0.05, 0.1) is 22.5 Å². The van der Waals surface area contributed by atoms with Gasteiger partial charge in [0, 0.05) is 5.56 Å². The summed E-state index contributed by atoms with van der Waals surface area (Å²) in [5, 5.41) is 0.335. The van der Waals surface area contributed by atoms with E-state index in [-0.39, 0.29) is 11.5 Å². The maximum atomic E-state index is 13.2. The Morgan fingerprint density at radius 3 is 2.47 bits per heavy atom. The molecule has 0 atom stereocenters. The Labute approximate surface area is 181 Å². The SMILES string of the molecule is COc1ccc(-c2oc3ccccc3c(=O)c2OC(=O)c2ccccc2C)cc1Br. The Kier molecular flexibility index (Phi) is 5.42. The van der Waals surface area contributed by atoms with Crippen LogP contribution in [0.4, 0.5) is 0 Å². The van der Waals surface area contributed by atoms with Crippen molar-refractivity contribution in [1.82, 2.24) is 0 Å². The molecule has 0 saturated heterocycles. The van der Waals surface area contributed by atoms with Gasteiger partial charge in [0.15, 0.2) is 5.76 Å². The molecule has 4 rings (SSSR count). The molecule has 0 unspecified atom stereocenters. The van der Waals surface area contributed by atoms with E-state index in [1.165, 1.54) is 0 Å². The summed E-state index contributed by atoms with van der Waals surface area (Å²) in [7, 11) is 1.56. The fourth-order valence-corrected chi connectivity index (χ4v) is 3.71. The van der Waals surface area contributed by atoms with Crippen LogP contribution in [0.3, 0.4) is 0 Å². The van der Waals surface area contributed by atoms with E-state index < -0.39 is 11.4 Å². The van der Waals surface area contributed by atoms with Crippen LogP contribution in [-0.2, 0) is 0 Å². The highest BCUT2D eigenvalue weighted by atomic mass is 79.9. The number of hydrogen-bond acceptors (Lipinski definition) is 5. The largest absolute Gasteiger partial charge is 0.496 e. The predicted molar refractivity (Wildman–Crippen MR) is 118 cm³/mol. The third-order valence-electron chi connectivity index (χ3n) is 4.73. The summed E-state index contributed by atoms with van der Waals surface area (Å²) in [4.78, 5) is 26.1. The average Bonchev–Trinajstić information content (AvgIpc) is 2.75. The minimum Gasteiger partial charge on any atom is -0.496 e. The lowest BCUT2D eigenvalue weighted by Crippen LogP contribution is -2.17. The van der Waals surface area contributed by atoms with E-state index in [1.807, 2.05) is 6.07 Å². The predicted octanol–water partition coefficient (Wildman–Crippen LogP) is 5.76. The highest BCUT2D eigenvalue weighted by molar-refractivity contribution is 9.10. The molecule has 0 bridgehead atoms. The molecule has 0 aliphatic rings. The second-order valence-corrected chi connectivity index (χ2v) is 7.49. The second-order valence-electron chi connectivity index (χ2n) is 6.64. The number of ether oxygens (including phenoxy) is 2. The third-order valence-corrected chi connectivity index (χ3v) is 5.35. The smallest absolute Gasteiger partial charge is 0.344 e. The average molecular weight is 465 g/mol. The molecule has 0 fully saturated rings. The zero-order chi connectivity index (χ0) is 21.3. The minimum absolute atomic E-state index is 0.154. The van der Waals surface area contributed by atoms with Gasteiger partial charge in [0.2, 0.25) is 11.2 Å². The number of esters is 1. The van der Waals surface area contributed by atoms with Crippen LogP contribution < -0.4 is 14.9 Å². The van der Waals surface area contributed by atoms with Gasteiger partial charge < -0.3 is 13.9 Å². The van der Waals surface area contributed by atoms with E-state index >= 15 is 0 Å². The Bertz CT molecular complexity index is 1320. The topological polar surface area (TPSA) is 65.7 Å². The van der Waals surface area contributed by atoms with Crippen LogP contribution in [0.15, 0.2) is 80.4 Å². The van der Waals surface area contributed by atoms with E-state index in [0.29, 0.717) is 32.3 Å². The van der Waals surface area contributed by atoms with Crippen LogP contribution in [0, 0.1) is 6.92 Å². The van der Waals surface area contributed by atoms with Crippen LogP contribution in [0.5, 0.6) is 11.5 Å². The number of carbonyl (C=O) groups is 1. The molecule has 3 aromatic carbocycles. The fraction of sp³-hybridized carbons (Fsp3) is 0.0833. The van der Waals surface area contributed by atoms with Gasteiger partial charge in [-0.2, -0.15) is 0 Å². The minimum atomic E-state index is -0.621. The summed E-state index contributed by atoms with van der Waals surface area (Å²) in [5.74, 6) is 0.0212. The number of rotatable bonds is 4.